The topological polar surface area (TPSA) is 61.6 Å². The van der Waals surface area contributed by atoms with E-state index in [9.17, 15) is 4.79 Å². The smallest absolute Gasteiger partial charge is 0.262 e. The highest BCUT2D eigenvalue weighted by molar-refractivity contribution is 5.80. The Labute approximate surface area is 81.6 Å². The lowest BCUT2D eigenvalue weighted by Gasteiger charge is -2.29. The van der Waals surface area contributed by atoms with Crippen molar-refractivity contribution in [3.8, 4) is 11.5 Å². The van der Waals surface area contributed by atoms with Crippen LogP contribution in [-0.2, 0) is 4.79 Å². The minimum absolute atomic E-state index is 0.345. The molecule has 1 aromatic rings. The number of benzene rings is 1. The van der Waals surface area contributed by atoms with E-state index < -0.39 is 12.0 Å². The molecule has 0 bridgehead atoms. The van der Waals surface area contributed by atoms with Gasteiger partial charge in [-0.15, -0.1) is 0 Å². The highest BCUT2D eigenvalue weighted by atomic mass is 16.6. The van der Waals surface area contributed by atoms with E-state index in [1.807, 2.05) is 12.1 Å². The second-order valence-corrected chi connectivity index (χ2v) is 3.21. The van der Waals surface area contributed by atoms with Gasteiger partial charge in [0, 0.05) is 0 Å². The Morgan fingerprint density at radius 1 is 1.29 bits per heavy atom. The van der Waals surface area contributed by atoms with Crippen LogP contribution < -0.4 is 15.2 Å². The van der Waals surface area contributed by atoms with Gasteiger partial charge in [0.2, 0.25) is 6.10 Å². The molecular formula is C10H11NO3. The minimum atomic E-state index is -0.704. The predicted molar refractivity (Wildman–Crippen MR) is 50.1 cm³/mol. The second-order valence-electron chi connectivity index (χ2n) is 3.21. The number of carbonyl (C=O) groups excluding carboxylic acids is 1. The fourth-order valence-corrected chi connectivity index (χ4v) is 1.43. The van der Waals surface area contributed by atoms with Gasteiger partial charge in [-0.05, 0) is 19.1 Å². The average Bonchev–Trinajstić information content (AvgIpc) is 2.16. The Morgan fingerprint density at radius 2 is 1.86 bits per heavy atom. The van der Waals surface area contributed by atoms with Gasteiger partial charge in [-0.25, -0.2) is 0 Å². The summed E-state index contributed by atoms with van der Waals surface area (Å²) >= 11 is 0. The van der Waals surface area contributed by atoms with Gasteiger partial charge in [0.25, 0.3) is 5.91 Å². The maximum absolute atomic E-state index is 11.0. The molecule has 4 heteroatoms. The van der Waals surface area contributed by atoms with Gasteiger partial charge in [-0.1, -0.05) is 12.1 Å². The van der Waals surface area contributed by atoms with Gasteiger partial charge in [-0.2, -0.15) is 0 Å². The molecule has 0 fully saturated rings. The number of hydrogen-bond donors (Lipinski definition) is 1. The Hall–Kier alpha value is -1.71. The number of carbonyl (C=O) groups is 1. The molecule has 1 aliphatic rings. The largest absolute Gasteiger partial charge is 0.482 e. The molecule has 2 rings (SSSR count). The molecule has 4 nitrogen and oxygen atoms in total. The van der Waals surface area contributed by atoms with Crippen LogP contribution >= 0.6 is 0 Å². The van der Waals surface area contributed by atoms with Crippen molar-refractivity contribution >= 4 is 5.91 Å². The van der Waals surface area contributed by atoms with E-state index >= 15 is 0 Å². The van der Waals surface area contributed by atoms with Gasteiger partial charge >= 0.3 is 0 Å². The number of amides is 1. The summed E-state index contributed by atoms with van der Waals surface area (Å²) in [6.07, 6.45) is -1.05. The molecule has 1 aliphatic heterocycles. The number of ether oxygens (including phenoxy) is 2. The van der Waals surface area contributed by atoms with Crippen molar-refractivity contribution in [2.45, 2.75) is 19.1 Å². The molecular weight excluding hydrogens is 182 g/mol. The van der Waals surface area contributed by atoms with Crippen LogP contribution in [-0.4, -0.2) is 18.1 Å². The van der Waals surface area contributed by atoms with E-state index in [2.05, 4.69) is 0 Å². The van der Waals surface area contributed by atoms with Crippen LogP contribution in [0.1, 0.15) is 6.92 Å². The summed E-state index contributed by atoms with van der Waals surface area (Å²) in [6, 6.07) is 7.20. The summed E-state index contributed by atoms with van der Waals surface area (Å²) < 4.78 is 10.9. The summed E-state index contributed by atoms with van der Waals surface area (Å²) in [6.45, 7) is 1.76. The van der Waals surface area contributed by atoms with Crippen LogP contribution in [0.4, 0.5) is 0 Å². The molecule has 1 heterocycles. The molecule has 0 radical (unpaired) electrons. The van der Waals surface area contributed by atoms with Crippen molar-refractivity contribution in [1.29, 1.82) is 0 Å². The fourth-order valence-electron chi connectivity index (χ4n) is 1.43. The first-order valence-electron chi connectivity index (χ1n) is 4.40. The molecule has 0 spiro atoms. The van der Waals surface area contributed by atoms with Crippen LogP contribution in [0, 0.1) is 0 Å². The molecule has 1 amide bonds. The third-order valence-corrected chi connectivity index (χ3v) is 2.12. The lowest BCUT2D eigenvalue weighted by molar-refractivity contribution is -0.130. The first-order valence-corrected chi connectivity index (χ1v) is 4.40. The Kier molecular flexibility index (Phi) is 2.04. The predicted octanol–water partition coefficient (Wildman–Crippen LogP) is 0.700. The van der Waals surface area contributed by atoms with Gasteiger partial charge < -0.3 is 15.2 Å². The van der Waals surface area contributed by atoms with Crippen LogP contribution in [0.3, 0.4) is 0 Å². The molecule has 14 heavy (non-hydrogen) atoms. The summed E-state index contributed by atoms with van der Waals surface area (Å²) in [4.78, 5) is 11.0. The van der Waals surface area contributed by atoms with Crippen molar-refractivity contribution < 1.29 is 14.3 Å². The third-order valence-electron chi connectivity index (χ3n) is 2.12. The van der Waals surface area contributed by atoms with E-state index in [0.29, 0.717) is 11.5 Å². The number of nitrogens with two attached hydrogens (primary N) is 1. The van der Waals surface area contributed by atoms with Crippen LogP contribution in [0.5, 0.6) is 11.5 Å². The van der Waals surface area contributed by atoms with Gasteiger partial charge in [-0.3, -0.25) is 4.79 Å². The van der Waals surface area contributed by atoms with Gasteiger partial charge in [0.1, 0.15) is 6.10 Å². The summed E-state index contributed by atoms with van der Waals surface area (Å²) in [7, 11) is 0. The van der Waals surface area contributed by atoms with Crippen molar-refractivity contribution in [3.63, 3.8) is 0 Å². The van der Waals surface area contributed by atoms with E-state index in [0.717, 1.165) is 0 Å². The molecule has 2 N–H and O–H groups in total. The molecule has 0 unspecified atom stereocenters. The Morgan fingerprint density at radius 3 is 2.43 bits per heavy atom. The molecule has 0 saturated carbocycles. The Balaban J connectivity index is 2.31. The number of primary amides is 1. The quantitative estimate of drug-likeness (QED) is 0.714. The molecule has 0 saturated heterocycles. The van der Waals surface area contributed by atoms with E-state index in [1.165, 1.54) is 0 Å². The summed E-state index contributed by atoms with van der Waals surface area (Å²) in [5, 5.41) is 0. The van der Waals surface area contributed by atoms with E-state index in [1.54, 1.807) is 19.1 Å². The third kappa shape index (κ3) is 1.39. The molecule has 0 aromatic heterocycles. The number of para-hydroxylation sites is 2. The standard InChI is InChI=1S/C10H11NO3/c1-6-9(10(11)12)14-8-5-3-2-4-7(8)13-6/h2-6,9H,1H3,(H2,11,12)/t6-,9-/m0/s1. The van der Waals surface area contributed by atoms with E-state index in [-0.39, 0.29) is 6.10 Å². The van der Waals surface area contributed by atoms with Gasteiger partial charge in [0.15, 0.2) is 11.5 Å². The zero-order valence-electron chi connectivity index (χ0n) is 7.77. The minimum Gasteiger partial charge on any atom is -0.482 e. The van der Waals surface area contributed by atoms with Crippen LogP contribution in [0.25, 0.3) is 0 Å². The first-order chi connectivity index (χ1) is 6.68. The van der Waals surface area contributed by atoms with Crippen molar-refractivity contribution in [3.05, 3.63) is 24.3 Å². The van der Waals surface area contributed by atoms with Crippen molar-refractivity contribution in [2.24, 2.45) is 5.73 Å². The number of hydrogen-bond acceptors (Lipinski definition) is 3. The maximum atomic E-state index is 11.0. The van der Waals surface area contributed by atoms with Gasteiger partial charge in [0.05, 0.1) is 0 Å². The fraction of sp³-hybridized carbons (Fsp3) is 0.300. The monoisotopic (exact) mass is 193 g/mol. The van der Waals surface area contributed by atoms with Crippen molar-refractivity contribution in [1.82, 2.24) is 0 Å². The lowest BCUT2D eigenvalue weighted by atomic mass is 10.2. The zero-order chi connectivity index (χ0) is 10.1. The Bertz CT molecular complexity index is 364. The van der Waals surface area contributed by atoms with Crippen molar-refractivity contribution in [2.75, 3.05) is 0 Å². The van der Waals surface area contributed by atoms with Crippen LogP contribution in [0.2, 0.25) is 0 Å². The lowest BCUT2D eigenvalue weighted by Crippen LogP contribution is -2.46. The normalized spacial score (nSPS) is 24.4. The maximum Gasteiger partial charge on any atom is 0.262 e. The second kappa shape index (κ2) is 3.21. The summed E-state index contributed by atoms with van der Waals surface area (Å²) in [5.41, 5.74) is 5.17. The highest BCUT2D eigenvalue weighted by Gasteiger charge is 2.32. The molecule has 0 aliphatic carbocycles. The van der Waals surface area contributed by atoms with E-state index in [4.69, 9.17) is 15.2 Å². The first kappa shape index (κ1) is 8.87. The zero-order valence-corrected chi connectivity index (χ0v) is 7.77. The number of fused-ring (bicyclic) bond motifs is 1. The average molecular weight is 193 g/mol. The van der Waals surface area contributed by atoms with Crippen LogP contribution in [0.15, 0.2) is 24.3 Å². The SMILES string of the molecule is C[C@@H]1Oc2ccccc2O[C@@H]1C(N)=O. The highest BCUT2D eigenvalue weighted by Crippen LogP contribution is 2.33. The molecule has 2 atom stereocenters. The molecule has 1 aromatic carbocycles. The number of rotatable bonds is 1. The molecule has 74 valence electrons. The summed E-state index contributed by atoms with van der Waals surface area (Å²) in [5.74, 6) is 0.707.